The molecule has 0 amide bonds. The highest BCUT2D eigenvalue weighted by atomic mass is 15.2. The molecule has 1 saturated heterocycles. The zero-order valence-corrected chi connectivity index (χ0v) is 12.5. The van der Waals surface area contributed by atoms with E-state index in [1.54, 1.807) is 0 Å². The van der Waals surface area contributed by atoms with Crippen molar-refractivity contribution < 1.29 is 0 Å². The Kier molecular flexibility index (Phi) is 5.46. The third kappa shape index (κ3) is 4.52. The van der Waals surface area contributed by atoms with Gasteiger partial charge in [0.05, 0.1) is 0 Å². The summed E-state index contributed by atoms with van der Waals surface area (Å²) in [6.45, 7) is 12.2. The molecule has 1 heterocycles. The normalized spacial score (nSPS) is 35.8. The minimum Gasteiger partial charge on any atom is -0.313 e. The zero-order chi connectivity index (χ0) is 13.0. The lowest BCUT2D eigenvalue weighted by Crippen LogP contribution is -2.47. The highest BCUT2D eigenvalue weighted by molar-refractivity contribution is 4.80. The summed E-state index contributed by atoms with van der Waals surface area (Å²) in [5, 5.41) is 3.79. The van der Waals surface area contributed by atoms with Crippen LogP contribution in [0.4, 0.5) is 0 Å². The van der Waals surface area contributed by atoms with Gasteiger partial charge in [-0.25, -0.2) is 0 Å². The molecule has 18 heavy (non-hydrogen) atoms. The van der Waals surface area contributed by atoms with Crippen LogP contribution in [0.15, 0.2) is 0 Å². The maximum Gasteiger partial charge on any atom is 0.0110 e. The molecule has 2 aliphatic rings. The number of rotatable bonds is 4. The van der Waals surface area contributed by atoms with Crippen molar-refractivity contribution in [3.05, 3.63) is 0 Å². The zero-order valence-electron chi connectivity index (χ0n) is 12.5. The maximum atomic E-state index is 3.79. The first-order valence-corrected chi connectivity index (χ1v) is 7.77. The fourth-order valence-electron chi connectivity index (χ4n) is 3.61. The van der Waals surface area contributed by atoms with E-state index in [4.69, 9.17) is 0 Å². The lowest BCUT2D eigenvalue weighted by Gasteiger charge is -2.34. The first-order valence-electron chi connectivity index (χ1n) is 7.77. The second kappa shape index (κ2) is 6.88. The van der Waals surface area contributed by atoms with Crippen LogP contribution in [-0.4, -0.2) is 62.2 Å². The summed E-state index contributed by atoms with van der Waals surface area (Å²) in [6.07, 6.45) is 4.19. The Bertz CT molecular complexity index is 226. The van der Waals surface area contributed by atoms with Crippen molar-refractivity contribution in [3.63, 3.8) is 0 Å². The Hall–Kier alpha value is -0.120. The van der Waals surface area contributed by atoms with E-state index in [9.17, 15) is 0 Å². The van der Waals surface area contributed by atoms with Crippen LogP contribution in [0.5, 0.6) is 0 Å². The van der Waals surface area contributed by atoms with Gasteiger partial charge < -0.3 is 10.2 Å². The molecule has 106 valence electrons. The van der Waals surface area contributed by atoms with Crippen molar-refractivity contribution in [1.29, 1.82) is 0 Å². The van der Waals surface area contributed by atoms with Gasteiger partial charge in [-0.3, -0.25) is 4.90 Å². The lowest BCUT2D eigenvalue weighted by molar-refractivity contribution is 0.150. The predicted molar refractivity (Wildman–Crippen MR) is 77.9 cm³/mol. The van der Waals surface area contributed by atoms with Crippen molar-refractivity contribution in [3.8, 4) is 0 Å². The van der Waals surface area contributed by atoms with Gasteiger partial charge in [0, 0.05) is 45.3 Å². The van der Waals surface area contributed by atoms with Gasteiger partial charge in [0.1, 0.15) is 0 Å². The van der Waals surface area contributed by atoms with Crippen LogP contribution in [0, 0.1) is 11.8 Å². The summed E-state index contributed by atoms with van der Waals surface area (Å²) in [6, 6.07) is 0.774. The Balaban J connectivity index is 1.60. The van der Waals surface area contributed by atoms with E-state index in [1.807, 2.05) is 0 Å². The Morgan fingerprint density at radius 2 is 1.56 bits per heavy atom. The van der Waals surface area contributed by atoms with E-state index >= 15 is 0 Å². The predicted octanol–water partition coefficient (Wildman–Crippen LogP) is 1.65. The van der Waals surface area contributed by atoms with Gasteiger partial charge in [-0.05, 0) is 38.1 Å². The first-order chi connectivity index (χ1) is 8.63. The molecule has 2 unspecified atom stereocenters. The van der Waals surface area contributed by atoms with E-state index in [1.165, 1.54) is 58.5 Å². The summed E-state index contributed by atoms with van der Waals surface area (Å²) in [5.74, 6) is 1.82. The summed E-state index contributed by atoms with van der Waals surface area (Å²) in [7, 11) is 2.22. The van der Waals surface area contributed by atoms with E-state index in [0.29, 0.717) is 0 Å². The van der Waals surface area contributed by atoms with Crippen LogP contribution in [0.3, 0.4) is 0 Å². The summed E-state index contributed by atoms with van der Waals surface area (Å²) < 4.78 is 0. The van der Waals surface area contributed by atoms with Crippen molar-refractivity contribution in [2.45, 2.75) is 39.2 Å². The van der Waals surface area contributed by atoms with Gasteiger partial charge in [0.15, 0.2) is 0 Å². The largest absolute Gasteiger partial charge is 0.313 e. The van der Waals surface area contributed by atoms with Crippen LogP contribution >= 0.6 is 0 Å². The van der Waals surface area contributed by atoms with Crippen LogP contribution in [0.1, 0.15) is 33.1 Å². The quantitative estimate of drug-likeness (QED) is 0.822. The number of hydrogen-bond acceptors (Lipinski definition) is 3. The Morgan fingerprint density at radius 1 is 0.944 bits per heavy atom. The van der Waals surface area contributed by atoms with Crippen LogP contribution in [0.2, 0.25) is 0 Å². The molecule has 0 aromatic rings. The summed E-state index contributed by atoms with van der Waals surface area (Å²) in [5.41, 5.74) is 0. The van der Waals surface area contributed by atoms with Crippen LogP contribution < -0.4 is 5.32 Å². The molecular weight excluding hydrogens is 222 g/mol. The van der Waals surface area contributed by atoms with Gasteiger partial charge in [-0.2, -0.15) is 0 Å². The molecule has 0 aromatic carbocycles. The van der Waals surface area contributed by atoms with Gasteiger partial charge in [0.25, 0.3) is 0 Å². The molecule has 2 fully saturated rings. The monoisotopic (exact) mass is 253 g/mol. The number of nitrogens with one attached hydrogen (secondary N) is 1. The molecule has 3 heteroatoms. The van der Waals surface area contributed by atoms with Crippen LogP contribution in [-0.2, 0) is 0 Å². The van der Waals surface area contributed by atoms with E-state index in [-0.39, 0.29) is 0 Å². The molecule has 1 aliphatic carbocycles. The molecule has 0 aromatic heterocycles. The molecule has 3 nitrogen and oxygen atoms in total. The molecule has 2 atom stereocenters. The summed E-state index contributed by atoms with van der Waals surface area (Å²) >= 11 is 0. The van der Waals surface area contributed by atoms with Crippen LogP contribution in [0.25, 0.3) is 0 Å². The second-order valence-electron chi connectivity index (χ2n) is 6.71. The molecule has 1 N–H and O–H groups in total. The standard InChI is InChI=1S/C15H31N3/c1-13-10-14(2)12-15(11-13)16-4-5-18-8-6-17(3)7-9-18/h13-16H,4-12H2,1-3H3. The topological polar surface area (TPSA) is 18.5 Å². The SMILES string of the molecule is CC1CC(C)CC(NCCN2CCN(C)CC2)C1. The molecule has 1 saturated carbocycles. The second-order valence-corrected chi connectivity index (χ2v) is 6.71. The molecule has 2 rings (SSSR count). The fourth-order valence-corrected chi connectivity index (χ4v) is 3.61. The molecule has 1 aliphatic heterocycles. The minimum absolute atomic E-state index is 0.774. The van der Waals surface area contributed by atoms with Gasteiger partial charge in [-0.15, -0.1) is 0 Å². The fraction of sp³-hybridized carbons (Fsp3) is 1.00. The van der Waals surface area contributed by atoms with E-state index in [0.717, 1.165) is 17.9 Å². The van der Waals surface area contributed by atoms with Gasteiger partial charge in [0.2, 0.25) is 0 Å². The van der Waals surface area contributed by atoms with Crippen molar-refractivity contribution >= 4 is 0 Å². The van der Waals surface area contributed by atoms with E-state index in [2.05, 4.69) is 36.0 Å². The molecule has 0 spiro atoms. The number of likely N-dealkylation sites (N-methyl/N-ethyl adjacent to an activating group) is 1. The number of hydrogen-bond donors (Lipinski definition) is 1. The smallest absolute Gasteiger partial charge is 0.0110 e. The van der Waals surface area contributed by atoms with Crippen molar-refractivity contribution in [1.82, 2.24) is 15.1 Å². The third-order valence-corrected chi connectivity index (χ3v) is 4.64. The highest BCUT2D eigenvalue weighted by Gasteiger charge is 2.23. The lowest BCUT2D eigenvalue weighted by atomic mass is 9.80. The number of nitrogens with zero attached hydrogens (tertiary/aromatic N) is 2. The number of piperazine rings is 1. The maximum absolute atomic E-state index is 3.79. The average molecular weight is 253 g/mol. The first kappa shape index (κ1) is 14.3. The Morgan fingerprint density at radius 3 is 2.17 bits per heavy atom. The summed E-state index contributed by atoms with van der Waals surface area (Å²) in [4.78, 5) is 5.02. The minimum atomic E-state index is 0.774. The van der Waals surface area contributed by atoms with Gasteiger partial charge in [-0.1, -0.05) is 13.8 Å². The molecular formula is C15H31N3. The molecule has 0 bridgehead atoms. The molecule has 0 radical (unpaired) electrons. The van der Waals surface area contributed by atoms with Crippen molar-refractivity contribution in [2.75, 3.05) is 46.3 Å². The Labute approximate surface area is 113 Å². The van der Waals surface area contributed by atoms with Crippen molar-refractivity contribution in [2.24, 2.45) is 11.8 Å². The van der Waals surface area contributed by atoms with E-state index < -0.39 is 0 Å². The van der Waals surface area contributed by atoms with Gasteiger partial charge >= 0.3 is 0 Å². The third-order valence-electron chi connectivity index (χ3n) is 4.64. The highest BCUT2D eigenvalue weighted by Crippen LogP contribution is 2.28. The average Bonchev–Trinajstić information content (AvgIpc) is 2.30.